The predicted octanol–water partition coefficient (Wildman–Crippen LogP) is 4.11. The minimum Gasteiger partial charge on any atom is -0.483 e. The van der Waals surface area contributed by atoms with E-state index in [0.29, 0.717) is 16.4 Å². The van der Waals surface area contributed by atoms with Crippen molar-refractivity contribution in [2.75, 3.05) is 6.61 Å². The van der Waals surface area contributed by atoms with Crippen molar-refractivity contribution in [2.24, 2.45) is 5.10 Å². The molecule has 0 aliphatic carbocycles. The number of para-hydroxylation sites is 1. The lowest BCUT2D eigenvalue weighted by Crippen LogP contribution is -2.25. The Labute approximate surface area is 172 Å². The smallest absolute Gasteiger partial charge is 0.353 e. The molecule has 3 rings (SSSR count). The number of hydrogen-bond acceptors (Lipinski definition) is 6. The highest BCUT2D eigenvalue weighted by Gasteiger charge is 2.09. The molecule has 3 aromatic rings. The van der Waals surface area contributed by atoms with Crippen LogP contribution in [0.4, 0.5) is 0 Å². The lowest BCUT2D eigenvalue weighted by molar-refractivity contribution is -0.123. The van der Waals surface area contributed by atoms with Crippen molar-refractivity contribution in [1.82, 2.24) is 5.43 Å². The molecule has 2 aromatic carbocycles. The first-order valence-corrected chi connectivity index (χ1v) is 9.77. The van der Waals surface area contributed by atoms with Crippen molar-refractivity contribution in [2.45, 2.75) is 13.8 Å². The van der Waals surface area contributed by atoms with Crippen LogP contribution >= 0.6 is 11.3 Å². The van der Waals surface area contributed by atoms with Crippen LogP contribution in [0.5, 0.6) is 11.5 Å². The van der Waals surface area contributed by atoms with Gasteiger partial charge in [-0.1, -0.05) is 24.3 Å². The van der Waals surface area contributed by atoms with Crippen LogP contribution in [0.15, 0.2) is 65.1 Å². The molecule has 1 N–H and O–H groups in total. The average molecular weight is 408 g/mol. The number of ether oxygens (including phenoxy) is 2. The zero-order valence-corrected chi connectivity index (χ0v) is 16.9. The van der Waals surface area contributed by atoms with Crippen molar-refractivity contribution in [1.29, 1.82) is 0 Å². The van der Waals surface area contributed by atoms with E-state index in [-0.39, 0.29) is 12.5 Å². The number of benzene rings is 2. The van der Waals surface area contributed by atoms with E-state index < -0.39 is 5.97 Å². The minimum atomic E-state index is -0.391. The second kappa shape index (κ2) is 9.66. The van der Waals surface area contributed by atoms with Crippen LogP contribution in [0.2, 0.25) is 0 Å². The van der Waals surface area contributed by atoms with Gasteiger partial charge in [0, 0.05) is 0 Å². The quantitative estimate of drug-likeness (QED) is 0.276. The van der Waals surface area contributed by atoms with Gasteiger partial charge in [0.2, 0.25) is 0 Å². The second-order valence-corrected chi connectivity index (χ2v) is 7.19. The molecule has 7 heteroatoms. The van der Waals surface area contributed by atoms with Crippen LogP contribution in [0.1, 0.15) is 26.4 Å². The molecule has 0 aliphatic rings. The lowest BCUT2D eigenvalue weighted by atomic mass is 10.1. The van der Waals surface area contributed by atoms with Crippen LogP contribution in [0, 0.1) is 13.8 Å². The van der Waals surface area contributed by atoms with E-state index in [1.165, 1.54) is 17.6 Å². The second-order valence-electron chi connectivity index (χ2n) is 6.24. The number of aryl methyl sites for hydroxylation is 2. The molecule has 1 aromatic heterocycles. The number of hydrazone groups is 1. The van der Waals surface area contributed by atoms with Crippen LogP contribution in [-0.4, -0.2) is 24.7 Å². The topological polar surface area (TPSA) is 77.0 Å². The van der Waals surface area contributed by atoms with Crippen LogP contribution in [0.25, 0.3) is 0 Å². The molecule has 0 aliphatic heterocycles. The van der Waals surface area contributed by atoms with Gasteiger partial charge in [0.05, 0.1) is 6.21 Å². The maximum absolute atomic E-state index is 11.9. The first kappa shape index (κ1) is 20.3. The maximum Gasteiger partial charge on any atom is 0.353 e. The molecule has 1 heterocycles. The fourth-order valence-electron chi connectivity index (χ4n) is 2.55. The Balaban J connectivity index is 1.47. The summed E-state index contributed by atoms with van der Waals surface area (Å²) in [5.74, 6) is 0.397. The number of nitrogens with zero attached hydrogens (tertiary/aromatic N) is 1. The number of carbonyl (C=O) groups is 2. The third-order valence-electron chi connectivity index (χ3n) is 3.97. The third-order valence-corrected chi connectivity index (χ3v) is 4.82. The summed E-state index contributed by atoms with van der Waals surface area (Å²) in [5.41, 5.74) is 5.12. The first-order valence-electron chi connectivity index (χ1n) is 8.89. The SMILES string of the molecule is Cc1cccc(C)c1OCC(=O)N/N=C/c1ccc(OC(=O)c2cccs2)cc1. The largest absolute Gasteiger partial charge is 0.483 e. The summed E-state index contributed by atoms with van der Waals surface area (Å²) in [4.78, 5) is 24.4. The summed E-state index contributed by atoms with van der Waals surface area (Å²) in [6.45, 7) is 3.74. The van der Waals surface area contributed by atoms with Gasteiger partial charge in [0.1, 0.15) is 16.4 Å². The molecule has 148 valence electrons. The van der Waals surface area contributed by atoms with E-state index in [2.05, 4.69) is 10.5 Å². The number of carbonyl (C=O) groups excluding carboxylic acids is 2. The van der Waals surface area contributed by atoms with Gasteiger partial charge in [0.25, 0.3) is 5.91 Å². The molecule has 1 amide bonds. The summed E-state index contributed by atoms with van der Waals surface area (Å²) in [6.07, 6.45) is 1.50. The average Bonchev–Trinajstić information content (AvgIpc) is 3.24. The molecule has 0 radical (unpaired) electrons. The van der Waals surface area contributed by atoms with Gasteiger partial charge in [-0.15, -0.1) is 11.3 Å². The molecule has 0 atom stereocenters. The molecule has 6 nitrogen and oxygen atoms in total. The fourth-order valence-corrected chi connectivity index (χ4v) is 3.15. The molecule has 0 unspecified atom stereocenters. The van der Waals surface area contributed by atoms with Crippen molar-refractivity contribution in [3.8, 4) is 11.5 Å². The first-order chi connectivity index (χ1) is 14.0. The minimum absolute atomic E-state index is 0.124. The Morgan fingerprint density at radius 3 is 2.41 bits per heavy atom. The van der Waals surface area contributed by atoms with Crippen LogP contribution < -0.4 is 14.9 Å². The van der Waals surface area contributed by atoms with E-state index in [9.17, 15) is 9.59 Å². The molecular formula is C22H20N2O4S. The highest BCUT2D eigenvalue weighted by atomic mass is 32.1. The van der Waals surface area contributed by atoms with Gasteiger partial charge in [-0.3, -0.25) is 4.79 Å². The maximum atomic E-state index is 11.9. The van der Waals surface area contributed by atoms with Crippen molar-refractivity contribution < 1.29 is 19.1 Å². The van der Waals surface area contributed by atoms with Gasteiger partial charge in [-0.2, -0.15) is 5.10 Å². The van der Waals surface area contributed by atoms with Crippen LogP contribution in [0.3, 0.4) is 0 Å². The molecular weight excluding hydrogens is 388 g/mol. The fraction of sp³-hybridized carbons (Fsp3) is 0.136. The third kappa shape index (κ3) is 5.76. The predicted molar refractivity (Wildman–Crippen MR) is 113 cm³/mol. The zero-order valence-electron chi connectivity index (χ0n) is 16.0. The molecule has 0 spiro atoms. The number of nitrogens with one attached hydrogen (secondary N) is 1. The molecule has 0 saturated heterocycles. The number of esters is 1. The summed E-state index contributed by atoms with van der Waals surface area (Å²) in [5, 5.41) is 5.74. The standard InChI is InChI=1S/C22H20N2O4S/c1-15-5-3-6-16(2)21(15)27-14-20(25)24-23-13-17-8-10-18(11-9-17)28-22(26)19-7-4-12-29-19/h3-13H,14H2,1-2H3,(H,24,25)/b23-13+. The van der Waals surface area contributed by atoms with Gasteiger partial charge in [-0.05, 0) is 66.2 Å². The molecule has 29 heavy (non-hydrogen) atoms. The molecule has 0 bridgehead atoms. The Kier molecular flexibility index (Phi) is 6.76. The lowest BCUT2D eigenvalue weighted by Gasteiger charge is -2.10. The number of amides is 1. The normalized spacial score (nSPS) is 10.7. The summed E-state index contributed by atoms with van der Waals surface area (Å²) >= 11 is 1.32. The Bertz CT molecular complexity index is 992. The Morgan fingerprint density at radius 2 is 1.76 bits per heavy atom. The van der Waals surface area contributed by atoms with Gasteiger partial charge >= 0.3 is 5.97 Å². The number of thiophene rings is 1. The summed E-state index contributed by atoms with van der Waals surface area (Å²) < 4.78 is 10.9. The Hall–Kier alpha value is -3.45. The molecule has 0 saturated carbocycles. The Morgan fingerprint density at radius 1 is 1.03 bits per heavy atom. The zero-order chi connectivity index (χ0) is 20.6. The number of hydrogen-bond donors (Lipinski definition) is 1. The molecule has 0 fully saturated rings. The van der Waals surface area contributed by atoms with E-state index >= 15 is 0 Å². The number of rotatable bonds is 7. The van der Waals surface area contributed by atoms with Crippen molar-refractivity contribution in [3.63, 3.8) is 0 Å². The summed E-state index contributed by atoms with van der Waals surface area (Å²) in [6, 6.07) is 16.1. The van der Waals surface area contributed by atoms with Crippen LogP contribution in [-0.2, 0) is 4.79 Å². The van der Waals surface area contributed by atoms with E-state index in [1.807, 2.05) is 37.4 Å². The van der Waals surface area contributed by atoms with E-state index in [0.717, 1.165) is 16.7 Å². The monoisotopic (exact) mass is 408 g/mol. The van der Waals surface area contributed by atoms with Crippen molar-refractivity contribution >= 4 is 29.4 Å². The highest BCUT2D eigenvalue weighted by Crippen LogP contribution is 2.22. The summed E-state index contributed by atoms with van der Waals surface area (Å²) in [7, 11) is 0. The van der Waals surface area contributed by atoms with E-state index in [4.69, 9.17) is 9.47 Å². The van der Waals surface area contributed by atoms with E-state index in [1.54, 1.807) is 36.4 Å². The highest BCUT2D eigenvalue weighted by molar-refractivity contribution is 7.12. The van der Waals surface area contributed by atoms with Crippen molar-refractivity contribution in [3.05, 3.63) is 81.5 Å². The van der Waals surface area contributed by atoms with Gasteiger partial charge < -0.3 is 9.47 Å². The van der Waals surface area contributed by atoms with Gasteiger partial charge in [-0.25, -0.2) is 10.2 Å². The van der Waals surface area contributed by atoms with Gasteiger partial charge in [0.15, 0.2) is 6.61 Å².